The van der Waals surface area contributed by atoms with E-state index in [9.17, 15) is 4.79 Å². The Morgan fingerprint density at radius 3 is 2.48 bits per heavy atom. The number of ether oxygens (including phenoxy) is 2. The predicted molar refractivity (Wildman–Crippen MR) is 113 cm³/mol. The molecule has 7 nitrogen and oxygen atoms in total. The molecule has 0 amide bonds. The molecule has 0 radical (unpaired) electrons. The molecule has 1 fully saturated rings. The topological polar surface area (TPSA) is 101 Å². The standard InChI is InChI=1S/C22H24N4O3/c1-28-15-10-14(11-16(12-15)29-2)26-19(7-8-23)21(27)20(22(26)24)18-9-13-5-3-4-6-17(13)25-18/h3-6,10-12,19,24-25H,7-9,23H2,1-2H3. The molecule has 2 aliphatic rings. The molecule has 0 bridgehead atoms. The zero-order chi connectivity index (χ0) is 20.5. The normalized spacial score (nSPS) is 20.7. The van der Waals surface area contributed by atoms with Gasteiger partial charge in [0.2, 0.25) is 0 Å². The van der Waals surface area contributed by atoms with Crippen LogP contribution in [0.1, 0.15) is 12.0 Å². The highest BCUT2D eigenvalue weighted by atomic mass is 16.5. The molecule has 0 spiro atoms. The average molecular weight is 392 g/mol. The second-order valence-electron chi connectivity index (χ2n) is 7.06. The van der Waals surface area contributed by atoms with E-state index in [2.05, 4.69) is 5.32 Å². The Balaban J connectivity index is 1.79. The number of carbonyl (C=O) groups excluding carboxylic acids is 1. The molecule has 150 valence electrons. The molecule has 7 heteroatoms. The second kappa shape index (κ2) is 7.60. The van der Waals surface area contributed by atoms with E-state index < -0.39 is 6.04 Å². The highest BCUT2D eigenvalue weighted by Crippen LogP contribution is 2.38. The number of benzene rings is 2. The van der Waals surface area contributed by atoms with E-state index in [-0.39, 0.29) is 11.6 Å². The van der Waals surface area contributed by atoms with Gasteiger partial charge >= 0.3 is 0 Å². The molecule has 2 aromatic rings. The van der Waals surface area contributed by atoms with Crippen molar-refractivity contribution in [1.29, 1.82) is 5.41 Å². The number of Topliss-reactive ketones (excluding diaryl/α,β-unsaturated/α-hetero) is 1. The zero-order valence-corrected chi connectivity index (χ0v) is 16.5. The fraction of sp³-hybridized carbons (Fsp3) is 0.273. The number of nitrogens with one attached hydrogen (secondary N) is 2. The van der Waals surface area contributed by atoms with Crippen molar-refractivity contribution >= 4 is 23.0 Å². The highest BCUT2D eigenvalue weighted by molar-refractivity contribution is 6.35. The van der Waals surface area contributed by atoms with E-state index in [1.807, 2.05) is 24.3 Å². The minimum Gasteiger partial charge on any atom is -0.497 e. The number of fused-ring (bicyclic) bond motifs is 1. The van der Waals surface area contributed by atoms with E-state index in [0.717, 1.165) is 16.9 Å². The lowest BCUT2D eigenvalue weighted by molar-refractivity contribution is -0.115. The van der Waals surface area contributed by atoms with Crippen LogP contribution in [0.3, 0.4) is 0 Å². The molecule has 0 aliphatic carbocycles. The van der Waals surface area contributed by atoms with E-state index in [4.69, 9.17) is 20.6 Å². The third-order valence-corrected chi connectivity index (χ3v) is 5.36. The van der Waals surface area contributed by atoms with Gasteiger partial charge in [0.05, 0.1) is 25.5 Å². The summed E-state index contributed by atoms with van der Waals surface area (Å²) in [7, 11) is 3.15. The van der Waals surface area contributed by atoms with Crippen LogP contribution < -0.4 is 25.4 Å². The lowest BCUT2D eigenvalue weighted by Gasteiger charge is -2.25. The Labute approximate surface area is 169 Å². The van der Waals surface area contributed by atoms with Gasteiger partial charge < -0.3 is 25.4 Å². The molecule has 29 heavy (non-hydrogen) atoms. The summed E-state index contributed by atoms with van der Waals surface area (Å²) in [5.74, 6) is 1.27. The molecule has 1 saturated heterocycles. The van der Waals surface area contributed by atoms with Crippen LogP contribution in [0.25, 0.3) is 0 Å². The zero-order valence-electron chi connectivity index (χ0n) is 16.5. The number of para-hydroxylation sites is 1. The maximum Gasteiger partial charge on any atom is 0.191 e. The monoisotopic (exact) mass is 392 g/mol. The molecule has 2 heterocycles. The van der Waals surface area contributed by atoms with Crippen LogP contribution in [0.15, 0.2) is 53.7 Å². The van der Waals surface area contributed by atoms with Crippen molar-refractivity contribution in [3.8, 4) is 11.5 Å². The van der Waals surface area contributed by atoms with Crippen molar-refractivity contribution in [1.82, 2.24) is 0 Å². The minimum absolute atomic E-state index is 0.0856. The summed E-state index contributed by atoms with van der Waals surface area (Å²) in [6.45, 7) is 0.345. The van der Waals surface area contributed by atoms with Gasteiger partial charge in [-0.1, -0.05) is 18.2 Å². The van der Waals surface area contributed by atoms with Crippen molar-refractivity contribution in [2.75, 3.05) is 31.0 Å². The number of amidine groups is 1. The third kappa shape index (κ3) is 3.23. The number of allylic oxidation sites excluding steroid dienone is 1. The minimum atomic E-state index is -0.530. The number of methoxy groups -OCH3 is 2. The highest BCUT2D eigenvalue weighted by Gasteiger charge is 2.43. The molecule has 2 aromatic carbocycles. The van der Waals surface area contributed by atoms with Gasteiger partial charge in [0, 0.05) is 36.0 Å². The maximum absolute atomic E-state index is 13.3. The Morgan fingerprint density at radius 1 is 1.17 bits per heavy atom. The van der Waals surface area contributed by atoms with Crippen molar-refractivity contribution in [3.63, 3.8) is 0 Å². The molecule has 1 unspecified atom stereocenters. The predicted octanol–water partition coefficient (Wildman–Crippen LogP) is 2.71. The summed E-state index contributed by atoms with van der Waals surface area (Å²) >= 11 is 0. The van der Waals surface area contributed by atoms with Gasteiger partial charge in [-0.05, 0) is 24.6 Å². The van der Waals surface area contributed by atoms with Gasteiger partial charge in [0.15, 0.2) is 5.78 Å². The third-order valence-electron chi connectivity index (χ3n) is 5.36. The smallest absolute Gasteiger partial charge is 0.191 e. The summed E-state index contributed by atoms with van der Waals surface area (Å²) in [4.78, 5) is 15.1. The van der Waals surface area contributed by atoms with Crippen LogP contribution in [0.2, 0.25) is 0 Å². The van der Waals surface area contributed by atoms with Crippen molar-refractivity contribution in [3.05, 3.63) is 59.3 Å². The van der Waals surface area contributed by atoms with Gasteiger partial charge in [-0.3, -0.25) is 10.2 Å². The van der Waals surface area contributed by atoms with Crippen molar-refractivity contribution in [2.24, 2.45) is 5.73 Å². The molecular weight excluding hydrogens is 368 g/mol. The van der Waals surface area contributed by atoms with Crippen molar-refractivity contribution < 1.29 is 14.3 Å². The number of nitrogens with two attached hydrogens (primary N) is 1. The Kier molecular flexibility index (Phi) is 4.98. The van der Waals surface area contributed by atoms with E-state index >= 15 is 0 Å². The Hall–Kier alpha value is -3.32. The molecular formula is C22H24N4O3. The Bertz CT molecular complexity index is 966. The van der Waals surface area contributed by atoms with Gasteiger partial charge in [0.1, 0.15) is 23.4 Å². The summed E-state index contributed by atoms with van der Waals surface area (Å²) in [6.07, 6.45) is 1.05. The van der Waals surface area contributed by atoms with Gasteiger partial charge in [-0.15, -0.1) is 0 Å². The number of anilines is 2. The number of hydrogen-bond donors (Lipinski definition) is 3. The quantitative estimate of drug-likeness (QED) is 0.677. The van der Waals surface area contributed by atoms with Crippen LogP contribution in [0, 0.1) is 5.41 Å². The molecule has 1 atom stereocenters. The number of nitrogens with zero attached hydrogens (tertiary/aromatic N) is 1. The largest absolute Gasteiger partial charge is 0.497 e. The van der Waals surface area contributed by atoms with Crippen LogP contribution in [0.4, 0.5) is 11.4 Å². The first-order valence-corrected chi connectivity index (χ1v) is 9.51. The van der Waals surface area contributed by atoms with Crippen LogP contribution >= 0.6 is 0 Å². The lowest BCUT2D eigenvalue weighted by Crippen LogP contribution is -2.36. The first-order valence-electron chi connectivity index (χ1n) is 9.51. The number of ketones is 1. The summed E-state index contributed by atoms with van der Waals surface area (Å²) in [5, 5.41) is 12.2. The lowest BCUT2D eigenvalue weighted by atomic mass is 10.0. The van der Waals surface area contributed by atoms with E-state index in [0.29, 0.717) is 42.1 Å². The molecule has 0 aromatic heterocycles. The van der Waals surface area contributed by atoms with E-state index in [1.165, 1.54) is 0 Å². The second-order valence-corrected chi connectivity index (χ2v) is 7.06. The van der Waals surface area contributed by atoms with Gasteiger partial charge in [0.25, 0.3) is 0 Å². The molecule has 0 saturated carbocycles. The summed E-state index contributed by atoms with van der Waals surface area (Å²) in [6, 6.07) is 12.8. The first-order chi connectivity index (χ1) is 14.1. The average Bonchev–Trinajstić information content (AvgIpc) is 3.26. The summed E-state index contributed by atoms with van der Waals surface area (Å²) < 4.78 is 10.7. The molecule has 2 aliphatic heterocycles. The molecule has 4 rings (SSSR count). The van der Waals surface area contributed by atoms with Crippen molar-refractivity contribution in [2.45, 2.75) is 18.9 Å². The maximum atomic E-state index is 13.3. The van der Waals surface area contributed by atoms with E-state index in [1.54, 1.807) is 37.3 Å². The number of carbonyl (C=O) groups is 1. The molecule has 4 N–H and O–H groups in total. The van der Waals surface area contributed by atoms with Gasteiger partial charge in [-0.2, -0.15) is 0 Å². The SMILES string of the molecule is COc1cc(OC)cc(N2C(=N)C(=C3Cc4ccccc4N3)C(=O)C2CCN)c1. The fourth-order valence-corrected chi connectivity index (χ4v) is 3.97. The number of rotatable bonds is 5. The van der Waals surface area contributed by atoms with Crippen LogP contribution in [0.5, 0.6) is 11.5 Å². The Morgan fingerprint density at radius 2 is 1.86 bits per heavy atom. The summed E-state index contributed by atoms with van der Waals surface area (Å²) in [5.41, 5.74) is 9.76. The first kappa shape index (κ1) is 19.0. The van der Waals surface area contributed by atoms with Gasteiger partial charge in [-0.25, -0.2) is 0 Å². The number of hydrogen-bond acceptors (Lipinski definition) is 6. The van der Waals surface area contributed by atoms with Crippen LogP contribution in [-0.2, 0) is 11.2 Å². The fourth-order valence-electron chi connectivity index (χ4n) is 3.97. The van der Waals surface area contributed by atoms with Crippen LogP contribution in [-0.4, -0.2) is 38.4 Å².